The van der Waals surface area contributed by atoms with Gasteiger partial charge < -0.3 is 10.1 Å². The van der Waals surface area contributed by atoms with E-state index in [-0.39, 0.29) is 24.5 Å². The Balaban J connectivity index is 1.35. The molecule has 9 nitrogen and oxygen atoms in total. The monoisotopic (exact) mass is 552 g/mol. The van der Waals surface area contributed by atoms with Gasteiger partial charge in [-0.15, -0.1) is 5.10 Å². The van der Waals surface area contributed by atoms with Gasteiger partial charge in [0.15, 0.2) is 0 Å². The molecule has 0 radical (unpaired) electrons. The number of anilines is 1. The van der Waals surface area contributed by atoms with Crippen LogP contribution < -0.4 is 10.2 Å². The number of nitrogens with one attached hydrogen (secondary N) is 1. The number of carbonyl (C=O) groups is 2. The number of ether oxygens (including phenoxy) is 1. The van der Waals surface area contributed by atoms with Crippen LogP contribution in [0.25, 0.3) is 11.0 Å². The second kappa shape index (κ2) is 12.6. The number of para-hydroxylation sites is 1. The quantitative estimate of drug-likeness (QED) is 0.316. The largest absolute Gasteiger partial charge is 0.376 e. The number of pyridine rings is 1. The first-order valence-corrected chi connectivity index (χ1v) is 14.7. The number of fused-ring (bicyclic) bond motifs is 1. The third kappa shape index (κ3) is 6.15. The third-order valence-corrected chi connectivity index (χ3v) is 8.26. The van der Waals surface area contributed by atoms with Crippen LogP contribution in [-0.2, 0) is 20.9 Å². The predicted octanol–water partition coefficient (Wildman–Crippen LogP) is 4.94. The van der Waals surface area contributed by atoms with Crippen molar-refractivity contribution in [2.45, 2.75) is 69.6 Å². The first-order chi connectivity index (χ1) is 20.2. The van der Waals surface area contributed by atoms with E-state index in [2.05, 4.69) is 32.7 Å². The zero-order chi connectivity index (χ0) is 28.0. The molecule has 41 heavy (non-hydrogen) atoms. The van der Waals surface area contributed by atoms with E-state index in [0.717, 1.165) is 18.4 Å². The molecule has 212 valence electrons. The van der Waals surface area contributed by atoms with Crippen LogP contribution in [0.1, 0.15) is 68.0 Å². The molecule has 9 heteroatoms. The molecule has 2 fully saturated rings. The Hall–Kier alpha value is -4.11. The summed E-state index contributed by atoms with van der Waals surface area (Å²) >= 11 is 0. The number of carbonyl (C=O) groups excluding carboxylic acids is 2. The van der Waals surface area contributed by atoms with Gasteiger partial charge in [0.05, 0.1) is 11.6 Å². The normalized spacial score (nSPS) is 18.3. The molecule has 1 N–H and O–H groups in total. The van der Waals surface area contributed by atoms with E-state index < -0.39 is 6.04 Å². The molecule has 6 rings (SSSR count). The van der Waals surface area contributed by atoms with Crippen LogP contribution >= 0.6 is 0 Å². The van der Waals surface area contributed by atoms with Crippen LogP contribution in [0.15, 0.2) is 73.1 Å². The second-order valence-corrected chi connectivity index (χ2v) is 11.0. The maximum Gasteiger partial charge on any atom is 0.249 e. The lowest BCUT2D eigenvalue weighted by atomic mass is 9.84. The summed E-state index contributed by atoms with van der Waals surface area (Å²) in [6.07, 6.45) is 11.3. The topological polar surface area (TPSA) is 102 Å². The number of nitrogens with zero attached hydrogens (tertiary/aromatic N) is 5. The highest BCUT2D eigenvalue weighted by atomic mass is 16.5. The molecule has 1 aliphatic heterocycles. The highest BCUT2D eigenvalue weighted by Gasteiger charge is 2.34. The van der Waals surface area contributed by atoms with Crippen LogP contribution in [0.4, 0.5) is 5.69 Å². The summed E-state index contributed by atoms with van der Waals surface area (Å²) in [5.41, 5.74) is 4.03. The lowest BCUT2D eigenvalue weighted by Gasteiger charge is -2.32. The van der Waals surface area contributed by atoms with E-state index in [9.17, 15) is 9.59 Å². The first-order valence-electron chi connectivity index (χ1n) is 14.7. The molecule has 2 aromatic heterocycles. The van der Waals surface area contributed by atoms with Crippen molar-refractivity contribution >= 4 is 28.5 Å². The van der Waals surface area contributed by atoms with Crippen molar-refractivity contribution in [3.63, 3.8) is 0 Å². The Morgan fingerprint density at radius 3 is 2.56 bits per heavy atom. The molecule has 2 aromatic carbocycles. The molecule has 1 aliphatic carbocycles. The van der Waals surface area contributed by atoms with Gasteiger partial charge in [0.1, 0.15) is 18.1 Å². The van der Waals surface area contributed by atoms with Crippen molar-refractivity contribution < 1.29 is 14.3 Å². The SMILES string of the molecule is O=C(NCC1CCCO1)C(c1cccnc1)N(C(=O)Cn1nnc2ccccc21)c1ccc(C2CCCCC2)cc1. The highest BCUT2D eigenvalue weighted by Crippen LogP contribution is 2.35. The summed E-state index contributed by atoms with van der Waals surface area (Å²) < 4.78 is 7.33. The number of aromatic nitrogens is 4. The van der Waals surface area contributed by atoms with Gasteiger partial charge in [-0.1, -0.05) is 54.8 Å². The fourth-order valence-corrected chi connectivity index (χ4v) is 6.09. The van der Waals surface area contributed by atoms with Crippen LogP contribution in [-0.4, -0.2) is 51.0 Å². The Morgan fingerprint density at radius 1 is 0.976 bits per heavy atom. The van der Waals surface area contributed by atoms with Gasteiger partial charge in [0.25, 0.3) is 0 Å². The van der Waals surface area contributed by atoms with E-state index in [1.807, 2.05) is 42.5 Å². The van der Waals surface area contributed by atoms with Crippen LogP contribution in [0.5, 0.6) is 0 Å². The van der Waals surface area contributed by atoms with Crippen molar-refractivity contribution in [3.8, 4) is 0 Å². The van der Waals surface area contributed by atoms with Crippen molar-refractivity contribution in [1.82, 2.24) is 25.3 Å². The minimum Gasteiger partial charge on any atom is -0.376 e. The van der Waals surface area contributed by atoms with E-state index in [1.54, 1.807) is 28.0 Å². The molecule has 2 atom stereocenters. The fourth-order valence-electron chi connectivity index (χ4n) is 6.09. The summed E-state index contributed by atoms with van der Waals surface area (Å²) in [6.45, 7) is 1.03. The number of hydrogen-bond donors (Lipinski definition) is 1. The molecule has 1 saturated carbocycles. The van der Waals surface area contributed by atoms with E-state index in [1.165, 1.54) is 37.7 Å². The lowest BCUT2D eigenvalue weighted by Crippen LogP contribution is -2.46. The number of benzene rings is 2. The first kappa shape index (κ1) is 27.1. The second-order valence-electron chi connectivity index (χ2n) is 11.0. The number of rotatable bonds is 9. The molecular formula is C32H36N6O3. The summed E-state index contributed by atoms with van der Waals surface area (Å²) in [4.78, 5) is 34.0. The minimum atomic E-state index is -0.923. The molecule has 4 aromatic rings. The smallest absolute Gasteiger partial charge is 0.249 e. The van der Waals surface area contributed by atoms with Crippen molar-refractivity contribution in [2.24, 2.45) is 0 Å². The van der Waals surface area contributed by atoms with Gasteiger partial charge in [-0.3, -0.25) is 19.5 Å². The van der Waals surface area contributed by atoms with Gasteiger partial charge in [-0.05, 0) is 67.5 Å². The minimum absolute atomic E-state index is 0.0195. The summed E-state index contributed by atoms with van der Waals surface area (Å²) in [5, 5.41) is 11.5. The Bertz CT molecular complexity index is 1460. The number of amides is 2. The zero-order valence-electron chi connectivity index (χ0n) is 23.2. The van der Waals surface area contributed by atoms with Crippen molar-refractivity contribution in [3.05, 3.63) is 84.2 Å². The molecule has 2 aliphatic rings. The maximum atomic E-state index is 14.2. The molecule has 2 unspecified atom stereocenters. The Morgan fingerprint density at radius 2 is 1.80 bits per heavy atom. The molecule has 2 amide bonds. The zero-order valence-corrected chi connectivity index (χ0v) is 23.2. The van der Waals surface area contributed by atoms with Gasteiger partial charge in [-0.25, -0.2) is 4.68 Å². The average Bonchev–Trinajstić information content (AvgIpc) is 3.70. The number of hydrogen-bond acceptors (Lipinski definition) is 6. The molecular weight excluding hydrogens is 516 g/mol. The maximum absolute atomic E-state index is 14.2. The average molecular weight is 553 g/mol. The van der Waals surface area contributed by atoms with Crippen LogP contribution in [0.2, 0.25) is 0 Å². The van der Waals surface area contributed by atoms with Gasteiger partial charge in [-0.2, -0.15) is 0 Å². The van der Waals surface area contributed by atoms with Crippen molar-refractivity contribution in [1.29, 1.82) is 0 Å². The predicted molar refractivity (Wildman–Crippen MR) is 156 cm³/mol. The summed E-state index contributed by atoms with van der Waals surface area (Å²) in [6, 6.07) is 18.4. The lowest BCUT2D eigenvalue weighted by molar-refractivity contribution is -0.127. The molecule has 3 heterocycles. The molecule has 0 spiro atoms. The van der Waals surface area contributed by atoms with E-state index in [0.29, 0.717) is 35.8 Å². The van der Waals surface area contributed by atoms with Gasteiger partial charge >= 0.3 is 0 Å². The van der Waals surface area contributed by atoms with E-state index >= 15 is 0 Å². The van der Waals surface area contributed by atoms with Gasteiger partial charge in [0, 0.05) is 36.8 Å². The fraction of sp³-hybridized carbons (Fsp3) is 0.406. The van der Waals surface area contributed by atoms with Gasteiger partial charge in [0.2, 0.25) is 11.8 Å². The van der Waals surface area contributed by atoms with E-state index in [4.69, 9.17) is 4.74 Å². The Labute approximate surface area is 239 Å². The molecule has 1 saturated heterocycles. The van der Waals surface area contributed by atoms with Crippen LogP contribution in [0, 0.1) is 0 Å². The van der Waals surface area contributed by atoms with Crippen LogP contribution in [0.3, 0.4) is 0 Å². The van der Waals surface area contributed by atoms with Crippen molar-refractivity contribution in [2.75, 3.05) is 18.1 Å². The standard InChI is InChI=1S/C32H36N6O3/c39-30(22-37-29-13-5-4-12-28(29)35-36-37)38(26-16-14-24(15-17-26)23-8-2-1-3-9-23)31(25-10-6-18-33-20-25)32(40)34-21-27-11-7-19-41-27/h4-6,10,12-18,20,23,27,31H,1-3,7-9,11,19,21-22H2,(H,34,40). The highest BCUT2D eigenvalue weighted by molar-refractivity contribution is 6.01. The molecule has 0 bridgehead atoms. The third-order valence-electron chi connectivity index (χ3n) is 8.26. The summed E-state index contributed by atoms with van der Waals surface area (Å²) in [7, 11) is 0. The summed E-state index contributed by atoms with van der Waals surface area (Å²) in [5.74, 6) is -0.0128. The Kier molecular flexibility index (Phi) is 8.32.